The standard InChI is InChI=1S/C22H27N5O3/c1-29-15-22(6-11-30-12-7-22)20(21(28)26-9-3-2-4-10-26)19(13-23)27-16-25-17-14-24-8-5-18(17)27/h5,8,14,16H,2-4,6-7,9-12,15H2,1H3/b20-19-. The Morgan fingerprint density at radius 3 is 2.77 bits per heavy atom. The monoisotopic (exact) mass is 409 g/mol. The van der Waals surface area contributed by atoms with E-state index in [1.807, 2.05) is 11.0 Å². The summed E-state index contributed by atoms with van der Waals surface area (Å²) in [6, 6.07) is 4.15. The van der Waals surface area contributed by atoms with Crippen molar-refractivity contribution in [2.75, 3.05) is 40.0 Å². The van der Waals surface area contributed by atoms with Crippen molar-refractivity contribution in [2.45, 2.75) is 32.1 Å². The minimum Gasteiger partial charge on any atom is -0.384 e. The quantitative estimate of drug-likeness (QED) is 0.557. The second-order valence-corrected chi connectivity index (χ2v) is 7.99. The summed E-state index contributed by atoms with van der Waals surface area (Å²) in [5.41, 5.74) is 1.70. The SMILES string of the molecule is COCC1(/C(C(=O)N2CCCCC2)=C(/C#N)n2cnc3cnccc32)CCOCC1. The number of hydrogen-bond donors (Lipinski definition) is 0. The van der Waals surface area contributed by atoms with Crippen molar-refractivity contribution in [3.8, 4) is 6.07 Å². The van der Waals surface area contributed by atoms with Crippen molar-refractivity contribution in [1.29, 1.82) is 5.26 Å². The third-order valence-electron chi connectivity index (χ3n) is 6.19. The Hall–Kier alpha value is -2.76. The van der Waals surface area contributed by atoms with Crippen LogP contribution in [0.1, 0.15) is 32.1 Å². The van der Waals surface area contributed by atoms with Crippen LogP contribution in [0.3, 0.4) is 0 Å². The lowest BCUT2D eigenvalue weighted by atomic mass is 9.72. The Labute approximate surface area is 176 Å². The molecule has 4 rings (SSSR count). The third-order valence-corrected chi connectivity index (χ3v) is 6.19. The maximum Gasteiger partial charge on any atom is 0.253 e. The number of pyridine rings is 1. The molecule has 2 aliphatic rings. The lowest BCUT2D eigenvalue weighted by Gasteiger charge is -2.40. The molecule has 0 saturated carbocycles. The van der Waals surface area contributed by atoms with Gasteiger partial charge in [0.15, 0.2) is 0 Å². The molecular weight excluding hydrogens is 382 g/mol. The Bertz CT molecular complexity index is 973. The van der Waals surface area contributed by atoms with E-state index in [2.05, 4.69) is 16.0 Å². The average Bonchev–Trinajstić information content (AvgIpc) is 3.22. The molecule has 1 amide bonds. The molecule has 158 valence electrons. The highest BCUT2D eigenvalue weighted by molar-refractivity contribution is 6.03. The molecule has 0 bridgehead atoms. The predicted molar refractivity (Wildman–Crippen MR) is 111 cm³/mol. The molecule has 0 radical (unpaired) electrons. The molecule has 2 aromatic heterocycles. The van der Waals surface area contributed by atoms with Crippen molar-refractivity contribution in [3.05, 3.63) is 30.4 Å². The van der Waals surface area contributed by atoms with Crippen LogP contribution in [-0.2, 0) is 14.3 Å². The number of carbonyl (C=O) groups excluding carboxylic acids is 1. The summed E-state index contributed by atoms with van der Waals surface area (Å²) in [6.07, 6.45) is 9.30. The normalized spacial score (nSPS) is 19.9. The van der Waals surface area contributed by atoms with Crippen LogP contribution in [0.2, 0.25) is 0 Å². The number of ether oxygens (including phenoxy) is 2. The maximum absolute atomic E-state index is 13.9. The lowest BCUT2D eigenvalue weighted by Crippen LogP contribution is -2.45. The summed E-state index contributed by atoms with van der Waals surface area (Å²) in [6.45, 7) is 2.87. The van der Waals surface area contributed by atoms with Gasteiger partial charge in [-0.1, -0.05) is 0 Å². The number of hydrogen-bond acceptors (Lipinski definition) is 6. The summed E-state index contributed by atoms with van der Waals surface area (Å²) < 4.78 is 12.9. The topological polar surface area (TPSA) is 93.3 Å². The molecule has 2 fully saturated rings. The number of methoxy groups -OCH3 is 1. The van der Waals surface area contributed by atoms with Crippen LogP contribution in [0.4, 0.5) is 0 Å². The van der Waals surface area contributed by atoms with Crippen LogP contribution in [0.15, 0.2) is 30.4 Å². The zero-order valence-corrected chi connectivity index (χ0v) is 17.3. The molecule has 8 heteroatoms. The van der Waals surface area contributed by atoms with Gasteiger partial charge in [0.25, 0.3) is 5.91 Å². The molecule has 0 aromatic carbocycles. The molecule has 0 unspecified atom stereocenters. The van der Waals surface area contributed by atoms with Gasteiger partial charge in [-0.3, -0.25) is 14.3 Å². The van der Waals surface area contributed by atoms with E-state index >= 15 is 0 Å². The van der Waals surface area contributed by atoms with Crippen molar-refractivity contribution in [1.82, 2.24) is 19.4 Å². The van der Waals surface area contributed by atoms with E-state index < -0.39 is 5.41 Å². The molecule has 0 atom stereocenters. The fourth-order valence-corrected chi connectivity index (χ4v) is 4.61. The van der Waals surface area contributed by atoms with E-state index in [1.165, 1.54) is 0 Å². The zero-order chi connectivity index (χ0) is 21.0. The first-order chi connectivity index (χ1) is 14.7. The number of nitriles is 1. The first-order valence-electron chi connectivity index (χ1n) is 10.5. The number of aromatic nitrogens is 3. The van der Waals surface area contributed by atoms with Crippen molar-refractivity contribution < 1.29 is 14.3 Å². The van der Waals surface area contributed by atoms with Crippen LogP contribution in [0, 0.1) is 16.7 Å². The van der Waals surface area contributed by atoms with Crippen molar-refractivity contribution in [3.63, 3.8) is 0 Å². The van der Waals surface area contributed by atoms with Crippen LogP contribution in [0.5, 0.6) is 0 Å². The van der Waals surface area contributed by atoms with Crippen LogP contribution < -0.4 is 0 Å². The minimum absolute atomic E-state index is 0.0684. The Balaban J connectivity index is 1.92. The van der Waals surface area contributed by atoms with E-state index in [0.717, 1.165) is 37.9 Å². The van der Waals surface area contributed by atoms with Crippen molar-refractivity contribution in [2.24, 2.45) is 5.41 Å². The first-order valence-corrected chi connectivity index (χ1v) is 10.5. The Kier molecular flexibility index (Phi) is 6.11. The van der Waals surface area contributed by atoms with Gasteiger partial charge >= 0.3 is 0 Å². The van der Waals surface area contributed by atoms with Gasteiger partial charge in [0.1, 0.15) is 23.6 Å². The molecule has 30 heavy (non-hydrogen) atoms. The van der Waals surface area contributed by atoms with Gasteiger partial charge in [0, 0.05) is 45.0 Å². The van der Waals surface area contributed by atoms with E-state index in [1.54, 1.807) is 30.4 Å². The number of allylic oxidation sites excluding steroid dienone is 1. The molecule has 2 aromatic rings. The number of imidazole rings is 1. The molecular formula is C22H27N5O3. The summed E-state index contributed by atoms with van der Waals surface area (Å²) in [4.78, 5) is 24.3. The molecule has 2 saturated heterocycles. The minimum atomic E-state index is -0.573. The zero-order valence-electron chi connectivity index (χ0n) is 17.3. The fraction of sp³-hybridized carbons (Fsp3) is 0.545. The largest absolute Gasteiger partial charge is 0.384 e. The number of amides is 1. The third kappa shape index (κ3) is 3.71. The molecule has 4 heterocycles. The first kappa shape index (κ1) is 20.5. The van der Waals surface area contributed by atoms with Crippen LogP contribution in [0.25, 0.3) is 16.7 Å². The van der Waals surface area contributed by atoms with Gasteiger partial charge in [0.05, 0.1) is 23.9 Å². The Morgan fingerprint density at radius 1 is 1.30 bits per heavy atom. The van der Waals surface area contributed by atoms with Gasteiger partial charge in [-0.05, 0) is 38.2 Å². The van der Waals surface area contributed by atoms with Gasteiger partial charge in [0.2, 0.25) is 0 Å². The number of carbonyl (C=O) groups is 1. The maximum atomic E-state index is 13.9. The van der Waals surface area contributed by atoms with E-state index in [9.17, 15) is 10.1 Å². The van der Waals surface area contributed by atoms with Gasteiger partial charge < -0.3 is 14.4 Å². The predicted octanol–water partition coefficient (Wildman–Crippen LogP) is 2.62. The average molecular weight is 409 g/mol. The van der Waals surface area contributed by atoms with Crippen molar-refractivity contribution >= 4 is 22.6 Å². The fourth-order valence-electron chi connectivity index (χ4n) is 4.61. The molecule has 2 aliphatic heterocycles. The van der Waals surface area contributed by atoms with E-state index in [-0.39, 0.29) is 5.91 Å². The second-order valence-electron chi connectivity index (χ2n) is 7.99. The van der Waals surface area contributed by atoms with E-state index in [4.69, 9.17) is 9.47 Å². The Morgan fingerprint density at radius 2 is 2.07 bits per heavy atom. The number of fused-ring (bicyclic) bond motifs is 1. The van der Waals surface area contributed by atoms with Gasteiger partial charge in [-0.2, -0.15) is 5.26 Å². The van der Waals surface area contributed by atoms with E-state index in [0.29, 0.717) is 49.4 Å². The summed E-state index contributed by atoms with van der Waals surface area (Å²) in [5.74, 6) is -0.0684. The highest BCUT2D eigenvalue weighted by Crippen LogP contribution is 2.42. The molecule has 0 spiro atoms. The second kappa shape index (κ2) is 8.94. The highest BCUT2D eigenvalue weighted by Gasteiger charge is 2.44. The van der Waals surface area contributed by atoms with Crippen LogP contribution >= 0.6 is 0 Å². The molecule has 0 N–H and O–H groups in total. The summed E-state index contributed by atoms with van der Waals surface area (Å²) in [7, 11) is 1.64. The highest BCUT2D eigenvalue weighted by atomic mass is 16.5. The smallest absolute Gasteiger partial charge is 0.253 e. The lowest BCUT2D eigenvalue weighted by molar-refractivity contribution is -0.130. The molecule has 8 nitrogen and oxygen atoms in total. The van der Waals surface area contributed by atoms with Gasteiger partial charge in [-0.25, -0.2) is 4.98 Å². The summed E-state index contributed by atoms with van der Waals surface area (Å²) in [5, 5.41) is 10.3. The molecule has 0 aliphatic carbocycles. The number of nitrogens with zero attached hydrogens (tertiary/aromatic N) is 5. The van der Waals surface area contributed by atoms with Crippen LogP contribution in [-0.4, -0.2) is 65.4 Å². The number of piperidine rings is 1. The number of likely N-dealkylation sites (tertiary alicyclic amines) is 1. The van der Waals surface area contributed by atoms with Gasteiger partial charge in [-0.15, -0.1) is 0 Å². The number of rotatable bonds is 5. The summed E-state index contributed by atoms with van der Waals surface area (Å²) >= 11 is 0.